The fourth-order valence-electron chi connectivity index (χ4n) is 5.00. The van der Waals surface area contributed by atoms with Gasteiger partial charge in [0, 0.05) is 41.7 Å². The van der Waals surface area contributed by atoms with Gasteiger partial charge in [-0.05, 0) is 45.7 Å². The Bertz CT molecular complexity index is 1320. The molecule has 2 N–H and O–H groups in total. The minimum Gasteiger partial charge on any atom is -0.349 e. The maximum atomic E-state index is 13.0. The number of carbonyl (C=O) groups is 1. The second-order valence-electron chi connectivity index (χ2n) is 9.86. The molecule has 1 aliphatic heterocycles. The van der Waals surface area contributed by atoms with Crippen molar-refractivity contribution < 1.29 is 21.6 Å². The maximum Gasteiger partial charge on any atom is 0.240 e. The molecule has 1 unspecified atom stereocenters. The van der Waals surface area contributed by atoms with Crippen molar-refractivity contribution in [3.05, 3.63) is 35.5 Å². The second-order valence-corrected chi connectivity index (χ2v) is 13.7. The average Bonchev–Trinajstić information content (AvgIpc) is 3.11. The normalized spacial score (nSPS) is 21.0. The molecule has 1 fully saturated rings. The Labute approximate surface area is 201 Å². The summed E-state index contributed by atoms with van der Waals surface area (Å²) in [6, 6.07) is 6.84. The molecular weight excluding hydrogens is 476 g/mol. The van der Waals surface area contributed by atoms with Crippen molar-refractivity contribution in [3.8, 4) is 11.3 Å². The highest BCUT2D eigenvalue weighted by molar-refractivity contribution is 7.93. The van der Waals surface area contributed by atoms with E-state index >= 15 is 0 Å². The number of amides is 1. The summed E-state index contributed by atoms with van der Waals surface area (Å²) in [5.74, 6) is -0.441. The van der Waals surface area contributed by atoms with Crippen molar-refractivity contribution >= 4 is 25.8 Å². The maximum absolute atomic E-state index is 13.0. The molecule has 2 aliphatic rings. The highest BCUT2D eigenvalue weighted by atomic mass is 32.2. The average molecular weight is 509 g/mol. The zero-order chi connectivity index (χ0) is 24.9. The Hall–Kier alpha value is -2.24. The molecule has 1 saturated heterocycles. The molecule has 11 heteroatoms. The van der Waals surface area contributed by atoms with E-state index in [2.05, 4.69) is 10.0 Å². The number of hydrogen-bond donors (Lipinski definition) is 2. The molecule has 0 bridgehead atoms. The van der Waals surface area contributed by atoms with Crippen LogP contribution >= 0.6 is 0 Å². The van der Waals surface area contributed by atoms with E-state index in [-0.39, 0.29) is 34.3 Å². The first-order valence-electron chi connectivity index (χ1n) is 11.6. The van der Waals surface area contributed by atoms with Gasteiger partial charge in [-0.15, -0.1) is 0 Å². The number of sulfone groups is 1. The summed E-state index contributed by atoms with van der Waals surface area (Å²) < 4.78 is 52.6. The van der Waals surface area contributed by atoms with E-state index in [1.165, 1.54) is 0 Å². The van der Waals surface area contributed by atoms with Crippen molar-refractivity contribution in [2.45, 2.75) is 63.4 Å². The van der Waals surface area contributed by atoms with E-state index in [1.807, 2.05) is 24.6 Å². The number of hydrogen-bond acceptors (Lipinski definition) is 6. The summed E-state index contributed by atoms with van der Waals surface area (Å²) in [4.78, 5) is 13.2. The monoisotopic (exact) mass is 508 g/mol. The molecule has 0 spiro atoms. The summed E-state index contributed by atoms with van der Waals surface area (Å²) in [6.07, 6.45) is 1.76. The predicted molar refractivity (Wildman–Crippen MR) is 130 cm³/mol. The number of nitrogens with zero attached hydrogens (tertiary/aromatic N) is 2. The Morgan fingerprint density at radius 3 is 2.62 bits per heavy atom. The Morgan fingerprint density at radius 1 is 1.29 bits per heavy atom. The standard InChI is InChI=1S/C23H32N4O5S2/c1-5-24-34(31,32)18-8-6-7-16(11-18)21-19-10-9-17(12-20(19)27(26-21)15(2)3)22(28)25-23(4)13-33(29,30)14-23/h6-8,11,15,17,24H,5,9-10,12-14H2,1-4H3,(H,25,28). The molecule has 0 saturated carbocycles. The molecule has 0 radical (unpaired) electrons. The largest absolute Gasteiger partial charge is 0.349 e. The highest BCUT2D eigenvalue weighted by Crippen LogP contribution is 2.36. The fraction of sp³-hybridized carbons (Fsp3) is 0.565. The van der Waals surface area contributed by atoms with E-state index in [0.29, 0.717) is 25.8 Å². The Morgan fingerprint density at radius 2 is 2.00 bits per heavy atom. The molecule has 9 nitrogen and oxygen atoms in total. The third kappa shape index (κ3) is 4.78. The van der Waals surface area contributed by atoms with Gasteiger partial charge in [0.05, 0.1) is 27.6 Å². The summed E-state index contributed by atoms with van der Waals surface area (Å²) >= 11 is 0. The molecule has 1 aliphatic carbocycles. The molecule has 186 valence electrons. The van der Waals surface area contributed by atoms with Crippen molar-refractivity contribution in [1.82, 2.24) is 19.8 Å². The van der Waals surface area contributed by atoms with Crippen LogP contribution in [-0.4, -0.2) is 56.1 Å². The SMILES string of the molecule is CCNS(=O)(=O)c1cccc(-c2nn(C(C)C)c3c2CCC(C(=O)NC2(C)CS(=O)(=O)C2)C3)c1. The Balaban J connectivity index is 1.63. The van der Waals surface area contributed by atoms with Gasteiger partial charge in [0.2, 0.25) is 15.9 Å². The van der Waals surface area contributed by atoms with E-state index in [9.17, 15) is 21.6 Å². The number of sulfonamides is 1. The van der Waals surface area contributed by atoms with Crippen LogP contribution in [0.2, 0.25) is 0 Å². The minimum atomic E-state index is -3.59. The van der Waals surface area contributed by atoms with Crippen LogP contribution in [0.3, 0.4) is 0 Å². The number of benzene rings is 1. The Kier molecular flexibility index (Phi) is 6.41. The van der Waals surface area contributed by atoms with E-state index in [1.54, 1.807) is 32.0 Å². The zero-order valence-corrected chi connectivity index (χ0v) is 21.6. The van der Waals surface area contributed by atoms with Crippen molar-refractivity contribution in [1.29, 1.82) is 0 Å². The molecule has 34 heavy (non-hydrogen) atoms. The highest BCUT2D eigenvalue weighted by Gasteiger charge is 2.46. The van der Waals surface area contributed by atoms with Crippen LogP contribution < -0.4 is 10.0 Å². The quantitative estimate of drug-likeness (QED) is 0.588. The molecule has 1 amide bonds. The van der Waals surface area contributed by atoms with Gasteiger partial charge in [0.25, 0.3) is 0 Å². The van der Waals surface area contributed by atoms with Gasteiger partial charge >= 0.3 is 0 Å². The van der Waals surface area contributed by atoms with Crippen LogP contribution in [0.15, 0.2) is 29.2 Å². The van der Waals surface area contributed by atoms with Crippen LogP contribution in [0.25, 0.3) is 11.3 Å². The zero-order valence-electron chi connectivity index (χ0n) is 20.0. The first-order valence-corrected chi connectivity index (χ1v) is 14.9. The molecule has 1 atom stereocenters. The van der Waals surface area contributed by atoms with Gasteiger partial charge in [-0.1, -0.05) is 19.1 Å². The third-order valence-electron chi connectivity index (χ3n) is 6.42. The molecule has 1 aromatic carbocycles. The van der Waals surface area contributed by atoms with Crippen LogP contribution in [0.4, 0.5) is 0 Å². The molecule has 1 aromatic heterocycles. The minimum absolute atomic E-state index is 0.0239. The lowest BCUT2D eigenvalue weighted by Crippen LogP contribution is -2.64. The van der Waals surface area contributed by atoms with Crippen molar-refractivity contribution in [3.63, 3.8) is 0 Å². The number of carbonyl (C=O) groups excluding carboxylic acids is 1. The van der Waals surface area contributed by atoms with Crippen LogP contribution in [0.1, 0.15) is 51.4 Å². The first-order chi connectivity index (χ1) is 15.8. The summed E-state index contributed by atoms with van der Waals surface area (Å²) in [6.45, 7) is 7.85. The van der Waals surface area contributed by atoms with E-state index in [0.717, 1.165) is 22.5 Å². The lowest BCUT2D eigenvalue weighted by molar-refractivity contribution is -0.126. The lowest BCUT2D eigenvalue weighted by atomic mass is 9.84. The summed E-state index contributed by atoms with van der Waals surface area (Å²) in [7, 11) is -6.65. The molecule has 4 rings (SSSR count). The van der Waals surface area contributed by atoms with Crippen LogP contribution in [0.5, 0.6) is 0 Å². The van der Waals surface area contributed by atoms with E-state index < -0.39 is 25.4 Å². The predicted octanol–water partition coefficient (Wildman–Crippen LogP) is 1.84. The first kappa shape index (κ1) is 24.9. The molecule has 2 heterocycles. The van der Waals surface area contributed by atoms with E-state index in [4.69, 9.17) is 5.10 Å². The number of fused-ring (bicyclic) bond motifs is 1. The van der Waals surface area contributed by atoms with Gasteiger partial charge < -0.3 is 5.32 Å². The molecular formula is C23H32N4O5S2. The fourth-order valence-corrected chi connectivity index (χ4v) is 8.09. The number of aromatic nitrogens is 2. The van der Waals surface area contributed by atoms with Gasteiger partial charge in [0.1, 0.15) is 0 Å². The van der Waals surface area contributed by atoms with Crippen molar-refractivity contribution in [2.75, 3.05) is 18.1 Å². The van der Waals surface area contributed by atoms with Gasteiger partial charge in [-0.2, -0.15) is 5.10 Å². The lowest BCUT2D eigenvalue weighted by Gasteiger charge is -2.39. The van der Waals surface area contributed by atoms with Crippen LogP contribution in [-0.2, 0) is 37.5 Å². The van der Waals surface area contributed by atoms with Gasteiger partial charge in [-0.25, -0.2) is 21.6 Å². The van der Waals surface area contributed by atoms with Crippen molar-refractivity contribution in [2.24, 2.45) is 5.92 Å². The van der Waals surface area contributed by atoms with Gasteiger partial charge in [0.15, 0.2) is 9.84 Å². The number of nitrogens with one attached hydrogen (secondary N) is 2. The molecule has 2 aromatic rings. The number of rotatable bonds is 7. The summed E-state index contributed by atoms with van der Waals surface area (Å²) in [5, 5.41) is 7.79. The third-order valence-corrected chi connectivity index (χ3v) is 10.1. The smallest absolute Gasteiger partial charge is 0.240 e. The van der Waals surface area contributed by atoms with Crippen LogP contribution in [0, 0.1) is 5.92 Å². The second kappa shape index (κ2) is 8.76. The summed E-state index contributed by atoms with van der Waals surface area (Å²) in [5.41, 5.74) is 2.78. The van der Waals surface area contributed by atoms with Gasteiger partial charge in [-0.3, -0.25) is 9.48 Å². The topological polar surface area (TPSA) is 127 Å².